The Kier molecular flexibility index (Phi) is 4.77. The minimum atomic E-state index is -3.17. The molecule has 0 aliphatic heterocycles. The van der Waals surface area contributed by atoms with E-state index in [0.29, 0.717) is 5.69 Å². The fourth-order valence-corrected chi connectivity index (χ4v) is 2.08. The Hall–Kier alpha value is -2.03. The van der Waals surface area contributed by atoms with Crippen LogP contribution in [0.4, 0.5) is 10.5 Å². The normalized spacial score (nSPS) is 11.2. The smallest absolute Gasteiger partial charge is 0.354 e. The van der Waals surface area contributed by atoms with E-state index in [2.05, 4.69) is 10.3 Å². The summed E-state index contributed by atoms with van der Waals surface area (Å²) in [6.07, 6.45) is 1.08. The van der Waals surface area contributed by atoms with Crippen molar-refractivity contribution in [1.29, 1.82) is 0 Å². The van der Waals surface area contributed by atoms with Gasteiger partial charge in [-0.3, -0.25) is 0 Å². The van der Waals surface area contributed by atoms with Crippen molar-refractivity contribution in [3.8, 4) is 0 Å². The second-order valence-corrected chi connectivity index (χ2v) is 6.79. The zero-order chi connectivity index (χ0) is 15.5. The second-order valence-electron chi connectivity index (χ2n) is 4.53. The Morgan fingerprint density at radius 3 is 2.55 bits per heavy atom. The van der Waals surface area contributed by atoms with E-state index < -0.39 is 21.8 Å². The molecule has 0 bridgehead atoms. The van der Waals surface area contributed by atoms with Crippen molar-refractivity contribution in [3.05, 3.63) is 17.5 Å². The molecule has 9 heteroatoms. The number of aromatic amines is 1. The summed E-state index contributed by atoms with van der Waals surface area (Å²) in [6, 6.07) is 0.918. The maximum Gasteiger partial charge on any atom is 0.354 e. The number of anilines is 1. The predicted molar refractivity (Wildman–Crippen MR) is 73.8 cm³/mol. The van der Waals surface area contributed by atoms with Gasteiger partial charge in [0.15, 0.2) is 0 Å². The predicted octanol–water partition coefficient (Wildman–Crippen LogP) is 0.530. The molecular formula is C11H17N3O5S. The fourth-order valence-electron chi connectivity index (χ4n) is 1.47. The van der Waals surface area contributed by atoms with Crippen LogP contribution in [0.15, 0.2) is 6.07 Å². The van der Waals surface area contributed by atoms with E-state index in [9.17, 15) is 18.0 Å². The third-order valence-electron chi connectivity index (χ3n) is 2.55. The standard InChI is InChI=1S/C11H17N3O5S/c1-7-6-8(9(12-7)10(15)16)13-11(17)14(2)4-5-20(3,18)19/h6,12H,4-5H2,1-3H3,(H,13,17)(H,15,16). The number of carboxylic acid groups (broad SMARTS) is 1. The highest BCUT2D eigenvalue weighted by molar-refractivity contribution is 7.90. The molecule has 3 N–H and O–H groups in total. The number of hydrogen-bond acceptors (Lipinski definition) is 4. The molecule has 0 aliphatic carbocycles. The van der Waals surface area contributed by atoms with E-state index in [0.717, 1.165) is 6.26 Å². The molecule has 2 amide bonds. The maximum absolute atomic E-state index is 11.8. The van der Waals surface area contributed by atoms with Crippen molar-refractivity contribution >= 4 is 27.5 Å². The molecule has 0 saturated heterocycles. The summed E-state index contributed by atoms with van der Waals surface area (Å²) in [5.74, 6) is -1.35. The zero-order valence-corrected chi connectivity index (χ0v) is 12.2. The van der Waals surface area contributed by atoms with Gasteiger partial charge in [-0.25, -0.2) is 18.0 Å². The molecule has 8 nitrogen and oxygen atoms in total. The lowest BCUT2D eigenvalue weighted by molar-refractivity contribution is 0.0692. The first-order valence-corrected chi connectivity index (χ1v) is 7.79. The summed E-state index contributed by atoms with van der Waals surface area (Å²) in [5, 5.41) is 11.4. The Balaban J connectivity index is 2.73. The monoisotopic (exact) mass is 303 g/mol. The summed E-state index contributed by atoms with van der Waals surface area (Å²) in [6.45, 7) is 1.69. The number of hydrogen-bond donors (Lipinski definition) is 3. The van der Waals surface area contributed by atoms with Gasteiger partial charge < -0.3 is 20.3 Å². The van der Waals surface area contributed by atoms with Gasteiger partial charge in [-0.1, -0.05) is 0 Å². The van der Waals surface area contributed by atoms with Crippen LogP contribution in [0.1, 0.15) is 16.2 Å². The SMILES string of the molecule is Cc1cc(NC(=O)N(C)CCS(C)(=O)=O)c(C(=O)O)[nH]1. The van der Waals surface area contributed by atoms with Gasteiger partial charge in [0, 0.05) is 25.5 Å². The van der Waals surface area contributed by atoms with Gasteiger partial charge in [-0.2, -0.15) is 0 Å². The first-order valence-electron chi connectivity index (χ1n) is 5.73. The molecule has 0 atom stereocenters. The second kappa shape index (κ2) is 5.95. The topological polar surface area (TPSA) is 120 Å². The molecule has 0 aromatic carbocycles. The van der Waals surface area contributed by atoms with E-state index in [1.165, 1.54) is 18.0 Å². The molecule has 1 aromatic rings. The van der Waals surface area contributed by atoms with Crippen molar-refractivity contribution in [2.45, 2.75) is 6.92 Å². The highest BCUT2D eigenvalue weighted by atomic mass is 32.2. The van der Waals surface area contributed by atoms with Crippen molar-refractivity contribution in [2.24, 2.45) is 0 Å². The third-order valence-corrected chi connectivity index (χ3v) is 3.48. The number of nitrogens with one attached hydrogen (secondary N) is 2. The van der Waals surface area contributed by atoms with Gasteiger partial charge in [0.2, 0.25) is 0 Å². The molecule has 0 spiro atoms. The Morgan fingerprint density at radius 1 is 1.45 bits per heavy atom. The van der Waals surface area contributed by atoms with Crippen LogP contribution in [0, 0.1) is 6.92 Å². The van der Waals surface area contributed by atoms with Gasteiger partial charge in [-0.05, 0) is 13.0 Å². The molecule has 1 heterocycles. The van der Waals surface area contributed by atoms with E-state index >= 15 is 0 Å². The van der Waals surface area contributed by atoms with Crippen LogP contribution in [0.5, 0.6) is 0 Å². The molecule has 0 radical (unpaired) electrons. The number of rotatable bonds is 5. The molecule has 112 valence electrons. The number of carbonyl (C=O) groups is 2. The summed E-state index contributed by atoms with van der Waals surface area (Å²) < 4.78 is 22.0. The van der Waals surface area contributed by atoms with Gasteiger partial charge in [0.05, 0.1) is 11.4 Å². The summed E-state index contributed by atoms with van der Waals surface area (Å²) in [5.41, 5.74) is 0.620. The quantitative estimate of drug-likeness (QED) is 0.733. The first kappa shape index (κ1) is 16.0. The highest BCUT2D eigenvalue weighted by Gasteiger charge is 2.17. The van der Waals surface area contributed by atoms with Crippen LogP contribution >= 0.6 is 0 Å². The lowest BCUT2D eigenvalue weighted by Gasteiger charge is -2.17. The highest BCUT2D eigenvalue weighted by Crippen LogP contribution is 2.17. The lowest BCUT2D eigenvalue weighted by Crippen LogP contribution is -2.35. The molecule has 0 unspecified atom stereocenters. The Bertz CT molecular complexity index is 620. The number of urea groups is 1. The van der Waals surface area contributed by atoms with Crippen molar-refractivity contribution in [3.63, 3.8) is 0 Å². The summed E-state index contributed by atoms with van der Waals surface area (Å²) in [4.78, 5) is 26.6. The van der Waals surface area contributed by atoms with Crippen LogP contribution in [0.3, 0.4) is 0 Å². The molecular weight excluding hydrogens is 286 g/mol. The van der Waals surface area contributed by atoms with Crippen molar-refractivity contribution < 1.29 is 23.1 Å². The van der Waals surface area contributed by atoms with Crippen molar-refractivity contribution in [1.82, 2.24) is 9.88 Å². The lowest BCUT2D eigenvalue weighted by atomic mass is 10.3. The Labute approximate surface area is 116 Å². The van der Waals surface area contributed by atoms with E-state index in [1.54, 1.807) is 6.92 Å². The molecule has 0 saturated carbocycles. The summed E-state index contributed by atoms with van der Waals surface area (Å²) in [7, 11) is -1.73. The van der Waals surface area contributed by atoms with Crippen LogP contribution in [-0.4, -0.2) is 61.0 Å². The third kappa shape index (κ3) is 4.57. The first-order chi connectivity index (χ1) is 9.10. The van der Waals surface area contributed by atoms with Gasteiger partial charge in [-0.15, -0.1) is 0 Å². The number of aromatic carboxylic acids is 1. The average Bonchev–Trinajstić information content (AvgIpc) is 2.66. The number of carboxylic acids is 1. The van der Waals surface area contributed by atoms with E-state index in [-0.39, 0.29) is 23.7 Å². The molecule has 1 rings (SSSR count). The number of aryl methyl sites for hydroxylation is 1. The number of carbonyl (C=O) groups excluding carboxylic acids is 1. The number of sulfone groups is 1. The molecule has 20 heavy (non-hydrogen) atoms. The molecule has 0 aliphatic rings. The average molecular weight is 303 g/mol. The summed E-state index contributed by atoms with van der Waals surface area (Å²) >= 11 is 0. The van der Waals surface area contributed by atoms with Crippen LogP contribution < -0.4 is 5.32 Å². The van der Waals surface area contributed by atoms with E-state index in [1.807, 2.05) is 0 Å². The number of aromatic nitrogens is 1. The van der Waals surface area contributed by atoms with Crippen LogP contribution in [0.2, 0.25) is 0 Å². The van der Waals surface area contributed by atoms with E-state index in [4.69, 9.17) is 5.11 Å². The fraction of sp³-hybridized carbons (Fsp3) is 0.455. The van der Waals surface area contributed by atoms with Crippen LogP contribution in [0.25, 0.3) is 0 Å². The molecule has 1 aromatic heterocycles. The maximum atomic E-state index is 11.8. The Morgan fingerprint density at radius 2 is 2.05 bits per heavy atom. The zero-order valence-electron chi connectivity index (χ0n) is 11.4. The van der Waals surface area contributed by atoms with Gasteiger partial charge in [0.25, 0.3) is 0 Å². The minimum absolute atomic E-state index is 0.0243. The number of amides is 2. The van der Waals surface area contributed by atoms with Crippen LogP contribution in [-0.2, 0) is 9.84 Å². The minimum Gasteiger partial charge on any atom is -0.477 e. The van der Waals surface area contributed by atoms with Gasteiger partial charge >= 0.3 is 12.0 Å². The van der Waals surface area contributed by atoms with Crippen molar-refractivity contribution in [2.75, 3.05) is 30.9 Å². The molecule has 0 fully saturated rings. The van der Waals surface area contributed by atoms with Gasteiger partial charge in [0.1, 0.15) is 15.5 Å². The number of H-pyrrole nitrogens is 1. The largest absolute Gasteiger partial charge is 0.477 e. The number of nitrogens with zero attached hydrogens (tertiary/aromatic N) is 1.